The molecule has 0 fully saturated rings. The first kappa shape index (κ1) is 26.5. The number of carbonyl (C=O) groups excluding carboxylic acids is 2. The van der Waals surface area contributed by atoms with E-state index in [1.165, 1.54) is 0 Å². The van der Waals surface area contributed by atoms with E-state index in [4.69, 9.17) is 23.9 Å². The molecule has 0 spiro atoms. The van der Waals surface area contributed by atoms with Gasteiger partial charge in [-0.15, -0.1) is 0 Å². The Balaban J connectivity index is 1.80. The van der Waals surface area contributed by atoms with E-state index in [2.05, 4.69) is 0 Å². The number of esters is 1. The summed E-state index contributed by atoms with van der Waals surface area (Å²) in [6.07, 6.45) is 1.61. The number of ketones is 1. The largest absolute Gasteiger partial charge is 0.494 e. The summed E-state index contributed by atoms with van der Waals surface area (Å²) in [5, 5.41) is 0. The third kappa shape index (κ3) is 5.26. The summed E-state index contributed by atoms with van der Waals surface area (Å²) in [7, 11) is 3.20. The zero-order chi connectivity index (χ0) is 26.5. The number of Topliss-reactive ketones (excluding diaryl/α,β-unsaturated/α-hetero) is 1. The third-order valence-electron chi connectivity index (χ3n) is 7.02. The molecule has 7 nitrogen and oxygen atoms in total. The van der Waals surface area contributed by atoms with Crippen molar-refractivity contribution >= 4 is 17.5 Å². The summed E-state index contributed by atoms with van der Waals surface area (Å²) in [6, 6.07) is 13.4. The van der Waals surface area contributed by atoms with Crippen molar-refractivity contribution in [2.75, 3.05) is 27.4 Å². The Labute approximate surface area is 218 Å². The van der Waals surface area contributed by atoms with Crippen LogP contribution < -0.4 is 14.2 Å². The molecular formula is C30H35NO6. The van der Waals surface area contributed by atoms with E-state index in [0.717, 1.165) is 16.8 Å². The fourth-order valence-electron chi connectivity index (χ4n) is 5.36. The van der Waals surface area contributed by atoms with Gasteiger partial charge in [0, 0.05) is 34.9 Å². The lowest BCUT2D eigenvalue weighted by atomic mass is 9.69. The molecule has 3 atom stereocenters. The average molecular weight is 506 g/mol. The molecule has 7 heteroatoms. The lowest BCUT2D eigenvalue weighted by molar-refractivity contribution is -0.146. The fourth-order valence-corrected chi connectivity index (χ4v) is 5.36. The second-order valence-corrected chi connectivity index (χ2v) is 9.35. The molecule has 1 aliphatic heterocycles. The normalized spacial score (nSPS) is 21.2. The van der Waals surface area contributed by atoms with Gasteiger partial charge in [0.15, 0.2) is 17.3 Å². The summed E-state index contributed by atoms with van der Waals surface area (Å²) < 4.78 is 22.4. The number of ether oxygens (including phenoxy) is 4. The van der Waals surface area contributed by atoms with E-state index < -0.39 is 11.8 Å². The first-order valence-corrected chi connectivity index (χ1v) is 12.8. The molecule has 0 saturated carbocycles. The Morgan fingerprint density at radius 2 is 1.76 bits per heavy atom. The Kier molecular flexibility index (Phi) is 8.31. The highest BCUT2D eigenvalue weighted by Crippen LogP contribution is 2.49. The van der Waals surface area contributed by atoms with E-state index in [1.807, 2.05) is 63.2 Å². The molecule has 0 aromatic heterocycles. The van der Waals surface area contributed by atoms with Gasteiger partial charge in [0.1, 0.15) is 11.7 Å². The smallest absolute Gasteiger partial charge is 0.315 e. The van der Waals surface area contributed by atoms with Crippen LogP contribution in [0, 0.1) is 5.92 Å². The van der Waals surface area contributed by atoms with Crippen molar-refractivity contribution < 1.29 is 28.5 Å². The molecule has 4 rings (SSSR count). The van der Waals surface area contributed by atoms with Crippen LogP contribution in [0.2, 0.25) is 0 Å². The summed E-state index contributed by atoms with van der Waals surface area (Å²) in [6.45, 7) is 6.52. The number of rotatable bonds is 9. The number of benzene rings is 2. The van der Waals surface area contributed by atoms with Gasteiger partial charge in [0.05, 0.1) is 27.4 Å². The Hall–Kier alpha value is -3.61. The first-order valence-electron chi connectivity index (χ1n) is 12.8. The quantitative estimate of drug-likeness (QED) is 0.411. The standard InChI is InChI=1S/C30H35NO6/c1-6-14-37-30(33)27-18(3)31-22-15-20(19-12-13-25(34-4)26(17-19)35-5)16-23(32)29(22)28(27)21-10-8-9-11-24(21)36-7-2/h8-13,17,20,27-28H,6-7,14-16H2,1-5H3/t20-,27?,28+/m0/s1. The van der Waals surface area contributed by atoms with Gasteiger partial charge in [0.25, 0.3) is 0 Å². The minimum Gasteiger partial charge on any atom is -0.494 e. The van der Waals surface area contributed by atoms with Crippen molar-refractivity contribution in [3.05, 3.63) is 64.9 Å². The molecule has 0 N–H and O–H groups in total. The molecule has 0 amide bonds. The highest BCUT2D eigenvalue weighted by atomic mass is 16.5. The molecule has 2 aromatic carbocycles. The molecule has 1 heterocycles. The van der Waals surface area contributed by atoms with E-state index in [1.54, 1.807) is 14.2 Å². The number of methoxy groups -OCH3 is 2. The van der Waals surface area contributed by atoms with E-state index >= 15 is 0 Å². The molecule has 2 aromatic rings. The summed E-state index contributed by atoms with van der Waals surface area (Å²) in [5.74, 6) is 0.293. The van der Waals surface area contributed by atoms with Crippen LogP contribution in [-0.2, 0) is 14.3 Å². The lowest BCUT2D eigenvalue weighted by Gasteiger charge is -2.37. The van der Waals surface area contributed by atoms with Gasteiger partial charge in [-0.25, -0.2) is 0 Å². The SMILES string of the molecule is CCCOC(=O)C1C(C)=NC2=C(C(=O)C[C@@H](c3ccc(OC)c(OC)c3)C2)[C@@H]1c1ccccc1OCC. The van der Waals surface area contributed by atoms with Crippen LogP contribution in [0.3, 0.4) is 0 Å². The predicted octanol–water partition coefficient (Wildman–Crippen LogP) is 5.63. The summed E-state index contributed by atoms with van der Waals surface area (Å²) in [5.41, 5.74) is 3.76. The number of allylic oxidation sites excluding steroid dienone is 2. The molecule has 37 heavy (non-hydrogen) atoms. The topological polar surface area (TPSA) is 83.4 Å². The average Bonchev–Trinajstić information content (AvgIpc) is 2.90. The maximum atomic E-state index is 13.9. The zero-order valence-corrected chi connectivity index (χ0v) is 22.2. The van der Waals surface area contributed by atoms with Crippen LogP contribution in [0.1, 0.15) is 63.0 Å². The van der Waals surface area contributed by atoms with Crippen LogP contribution in [0.4, 0.5) is 0 Å². The zero-order valence-electron chi connectivity index (χ0n) is 22.2. The summed E-state index contributed by atoms with van der Waals surface area (Å²) in [4.78, 5) is 32.0. The van der Waals surface area contributed by atoms with Gasteiger partial charge in [-0.2, -0.15) is 0 Å². The summed E-state index contributed by atoms with van der Waals surface area (Å²) >= 11 is 0. The number of hydrogen-bond acceptors (Lipinski definition) is 7. The Morgan fingerprint density at radius 3 is 2.46 bits per heavy atom. The maximum absolute atomic E-state index is 13.9. The number of carbonyl (C=O) groups is 2. The Bertz CT molecular complexity index is 1230. The van der Waals surface area contributed by atoms with Crippen molar-refractivity contribution in [1.82, 2.24) is 0 Å². The van der Waals surface area contributed by atoms with Crippen molar-refractivity contribution in [3.63, 3.8) is 0 Å². The van der Waals surface area contributed by atoms with Crippen LogP contribution >= 0.6 is 0 Å². The number of hydrogen-bond donors (Lipinski definition) is 0. The molecule has 0 radical (unpaired) electrons. The van der Waals surface area contributed by atoms with E-state index in [0.29, 0.717) is 61.0 Å². The second-order valence-electron chi connectivity index (χ2n) is 9.35. The van der Waals surface area contributed by atoms with Crippen molar-refractivity contribution in [2.24, 2.45) is 10.9 Å². The molecule has 1 unspecified atom stereocenters. The molecule has 196 valence electrons. The van der Waals surface area contributed by atoms with Gasteiger partial charge in [-0.05, 0) is 56.4 Å². The van der Waals surface area contributed by atoms with Crippen molar-refractivity contribution in [1.29, 1.82) is 0 Å². The predicted molar refractivity (Wildman–Crippen MR) is 142 cm³/mol. The van der Waals surface area contributed by atoms with Crippen LogP contribution in [0.25, 0.3) is 0 Å². The van der Waals surface area contributed by atoms with Crippen molar-refractivity contribution in [3.8, 4) is 17.2 Å². The molecule has 0 saturated heterocycles. The van der Waals surface area contributed by atoms with Gasteiger partial charge in [-0.1, -0.05) is 31.2 Å². The second kappa shape index (κ2) is 11.6. The number of aliphatic imine (C=N–C) groups is 1. The van der Waals surface area contributed by atoms with Crippen molar-refractivity contribution in [2.45, 2.75) is 51.9 Å². The first-order chi connectivity index (χ1) is 17.9. The monoisotopic (exact) mass is 505 g/mol. The minimum atomic E-state index is -0.687. The van der Waals surface area contributed by atoms with Gasteiger partial charge in [0.2, 0.25) is 0 Å². The van der Waals surface area contributed by atoms with Gasteiger partial charge >= 0.3 is 5.97 Å². The highest BCUT2D eigenvalue weighted by molar-refractivity contribution is 6.09. The van der Waals surface area contributed by atoms with E-state index in [9.17, 15) is 9.59 Å². The third-order valence-corrected chi connectivity index (χ3v) is 7.02. The van der Waals surface area contributed by atoms with Crippen LogP contribution in [0.5, 0.6) is 17.2 Å². The Morgan fingerprint density at radius 1 is 1.00 bits per heavy atom. The molecular weight excluding hydrogens is 470 g/mol. The lowest BCUT2D eigenvalue weighted by Crippen LogP contribution is -2.38. The molecule has 0 bridgehead atoms. The van der Waals surface area contributed by atoms with E-state index in [-0.39, 0.29) is 17.7 Å². The fraction of sp³-hybridized carbons (Fsp3) is 0.433. The molecule has 2 aliphatic rings. The van der Waals surface area contributed by atoms with Gasteiger partial charge in [-0.3, -0.25) is 14.6 Å². The van der Waals surface area contributed by atoms with Gasteiger partial charge < -0.3 is 18.9 Å². The number of nitrogens with zero attached hydrogens (tertiary/aromatic N) is 1. The highest BCUT2D eigenvalue weighted by Gasteiger charge is 2.45. The minimum absolute atomic E-state index is 0.0122. The van der Waals surface area contributed by atoms with Crippen LogP contribution in [0.15, 0.2) is 58.7 Å². The number of para-hydroxylation sites is 1. The maximum Gasteiger partial charge on any atom is 0.315 e. The molecule has 1 aliphatic carbocycles. The van der Waals surface area contributed by atoms with Crippen LogP contribution in [-0.4, -0.2) is 44.9 Å².